The van der Waals surface area contributed by atoms with Gasteiger partial charge in [-0.25, -0.2) is 4.68 Å². The molecule has 2 N–H and O–H groups in total. The quantitative estimate of drug-likeness (QED) is 0.241. The molecular formula is C21H35IN6. The highest BCUT2D eigenvalue weighted by Crippen LogP contribution is 2.16. The highest BCUT2D eigenvalue weighted by molar-refractivity contribution is 14.0. The summed E-state index contributed by atoms with van der Waals surface area (Å²) in [6, 6.07) is 10.5. The van der Waals surface area contributed by atoms with Crippen LogP contribution in [0.2, 0.25) is 0 Å². The molecule has 1 heterocycles. The molecule has 6 nitrogen and oxygen atoms in total. The van der Waals surface area contributed by atoms with Crippen LogP contribution in [-0.2, 0) is 6.54 Å². The third-order valence-corrected chi connectivity index (χ3v) is 4.74. The lowest BCUT2D eigenvalue weighted by Gasteiger charge is -2.18. The molecule has 28 heavy (non-hydrogen) atoms. The average Bonchev–Trinajstić information content (AvgIpc) is 3.02. The van der Waals surface area contributed by atoms with Crippen molar-refractivity contribution in [3.8, 4) is 5.69 Å². The normalized spacial score (nSPS) is 11.4. The molecule has 0 saturated carbocycles. The summed E-state index contributed by atoms with van der Waals surface area (Å²) < 4.78 is 2.01. The van der Waals surface area contributed by atoms with Crippen LogP contribution in [0.1, 0.15) is 37.2 Å². The molecule has 0 saturated heterocycles. The molecule has 1 aromatic heterocycles. The van der Waals surface area contributed by atoms with Crippen LogP contribution in [0.4, 0.5) is 0 Å². The van der Waals surface area contributed by atoms with Crippen LogP contribution in [0.5, 0.6) is 0 Å². The van der Waals surface area contributed by atoms with Gasteiger partial charge in [-0.15, -0.1) is 24.0 Å². The summed E-state index contributed by atoms with van der Waals surface area (Å²) in [6.07, 6.45) is 1.10. The standard InChI is InChI=1S/C21H34N6.HI/c1-6-26(7-2)14-10-13-23-21(22-5)24-16-19-11-8-9-12-20(19)27-18(4)15-17(3)25-27;/h8-9,11-12,15H,6-7,10,13-14,16H2,1-5H3,(H2,22,23,24);1H. The highest BCUT2D eigenvalue weighted by atomic mass is 127. The van der Waals surface area contributed by atoms with Gasteiger partial charge in [0.2, 0.25) is 0 Å². The first-order chi connectivity index (χ1) is 13.1. The van der Waals surface area contributed by atoms with E-state index < -0.39 is 0 Å². The van der Waals surface area contributed by atoms with Crippen molar-refractivity contribution in [1.82, 2.24) is 25.3 Å². The first kappa shape index (κ1) is 24.4. The lowest BCUT2D eigenvalue weighted by atomic mass is 10.1. The summed E-state index contributed by atoms with van der Waals surface area (Å²) in [5.74, 6) is 0.831. The van der Waals surface area contributed by atoms with E-state index in [2.05, 4.69) is 76.7 Å². The van der Waals surface area contributed by atoms with Crippen molar-refractivity contribution >= 4 is 29.9 Å². The number of guanidine groups is 1. The molecular weight excluding hydrogens is 463 g/mol. The SMILES string of the molecule is CCN(CC)CCCNC(=NC)NCc1ccccc1-n1nc(C)cc1C.I. The zero-order valence-corrected chi connectivity index (χ0v) is 20.2. The summed E-state index contributed by atoms with van der Waals surface area (Å²) >= 11 is 0. The van der Waals surface area contributed by atoms with E-state index in [-0.39, 0.29) is 24.0 Å². The van der Waals surface area contributed by atoms with Crippen molar-refractivity contribution in [1.29, 1.82) is 0 Å². The van der Waals surface area contributed by atoms with Gasteiger partial charge in [-0.3, -0.25) is 4.99 Å². The summed E-state index contributed by atoms with van der Waals surface area (Å²) in [5.41, 5.74) is 4.46. The maximum Gasteiger partial charge on any atom is 0.191 e. The summed E-state index contributed by atoms with van der Waals surface area (Å²) in [5, 5.41) is 11.5. The van der Waals surface area contributed by atoms with Crippen molar-refractivity contribution in [3.63, 3.8) is 0 Å². The van der Waals surface area contributed by atoms with E-state index >= 15 is 0 Å². The number of halogens is 1. The van der Waals surface area contributed by atoms with Gasteiger partial charge in [0.25, 0.3) is 0 Å². The van der Waals surface area contributed by atoms with Crippen LogP contribution in [0, 0.1) is 13.8 Å². The van der Waals surface area contributed by atoms with E-state index in [1.807, 2.05) is 18.7 Å². The average molecular weight is 498 g/mol. The maximum absolute atomic E-state index is 4.62. The van der Waals surface area contributed by atoms with Crippen molar-refractivity contribution < 1.29 is 0 Å². The third kappa shape index (κ3) is 7.09. The number of hydrogen-bond donors (Lipinski definition) is 2. The van der Waals surface area contributed by atoms with Crippen LogP contribution >= 0.6 is 24.0 Å². The van der Waals surface area contributed by atoms with Gasteiger partial charge in [-0.2, -0.15) is 5.10 Å². The Kier molecular flexibility index (Phi) is 11.1. The van der Waals surface area contributed by atoms with Crippen molar-refractivity contribution in [2.75, 3.05) is 33.2 Å². The second-order valence-corrected chi connectivity index (χ2v) is 6.70. The molecule has 0 fully saturated rings. The largest absolute Gasteiger partial charge is 0.356 e. The van der Waals surface area contributed by atoms with Gasteiger partial charge >= 0.3 is 0 Å². The highest BCUT2D eigenvalue weighted by Gasteiger charge is 2.09. The summed E-state index contributed by atoms with van der Waals surface area (Å²) in [4.78, 5) is 6.78. The molecule has 2 aromatic rings. The molecule has 7 heteroatoms. The summed E-state index contributed by atoms with van der Waals surface area (Å²) in [7, 11) is 1.81. The number of nitrogens with one attached hydrogen (secondary N) is 2. The first-order valence-corrected chi connectivity index (χ1v) is 9.87. The van der Waals surface area contributed by atoms with Crippen molar-refractivity contribution in [2.45, 2.75) is 40.7 Å². The Balaban J connectivity index is 0.00000392. The molecule has 156 valence electrons. The number of hydrogen-bond acceptors (Lipinski definition) is 3. The van der Waals surface area contributed by atoms with Gasteiger partial charge < -0.3 is 15.5 Å². The summed E-state index contributed by atoms with van der Waals surface area (Å²) in [6.45, 7) is 13.4. The Hall–Kier alpha value is -1.61. The van der Waals surface area contributed by atoms with Gasteiger partial charge in [0.1, 0.15) is 0 Å². The third-order valence-electron chi connectivity index (χ3n) is 4.74. The Bertz CT molecular complexity index is 736. The molecule has 0 aliphatic rings. The molecule has 0 spiro atoms. The Morgan fingerprint density at radius 2 is 1.86 bits per heavy atom. The molecule has 0 aliphatic heterocycles. The van der Waals surface area contributed by atoms with Gasteiger partial charge in [0.15, 0.2) is 5.96 Å². The second-order valence-electron chi connectivity index (χ2n) is 6.70. The number of aliphatic imine (C=N–C) groups is 1. The minimum absolute atomic E-state index is 0. The van der Waals surface area contributed by atoms with Crippen LogP contribution in [0.3, 0.4) is 0 Å². The zero-order chi connectivity index (χ0) is 19.6. The fraction of sp³-hybridized carbons (Fsp3) is 0.524. The van der Waals surface area contributed by atoms with Crippen LogP contribution in [0.25, 0.3) is 5.69 Å². The Morgan fingerprint density at radius 1 is 1.14 bits per heavy atom. The van der Waals surface area contributed by atoms with Gasteiger partial charge in [0, 0.05) is 25.8 Å². The monoisotopic (exact) mass is 498 g/mol. The molecule has 0 bridgehead atoms. The maximum atomic E-state index is 4.62. The fourth-order valence-electron chi connectivity index (χ4n) is 3.19. The number of benzene rings is 1. The van der Waals surface area contributed by atoms with Crippen LogP contribution in [0.15, 0.2) is 35.3 Å². The number of nitrogens with zero attached hydrogens (tertiary/aromatic N) is 4. The molecule has 0 atom stereocenters. The lowest BCUT2D eigenvalue weighted by Crippen LogP contribution is -2.38. The van der Waals surface area contributed by atoms with Crippen molar-refractivity contribution in [3.05, 3.63) is 47.3 Å². The number of aromatic nitrogens is 2. The van der Waals surface area contributed by atoms with Crippen LogP contribution in [-0.4, -0.2) is 53.9 Å². The van der Waals surface area contributed by atoms with E-state index in [1.54, 1.807) is 0 Å². The molecule has 0 aliphatic carbocycles. The predicted molar refractivity (Wildman–Crippen MR) is 129 cm³/mol. The number of aryl methyl sites for hydroxylation is 2. The Labute approximate surface area is 186 Å². The van der Waals surface area contributed by atoms with Crippen LogP contribution < -0.4 is 10.6 Å². The van der Waals surface area contributed by atoms with E-state index in [4.69, 9.17) is 0 Å². The first-order valence-electron chi connectivity index (χ1n) is 9.87. The fourth-order valence-corrected chi connectivity index (χ4v) is 3.19. The van der Waals surface area contributed by atoms with E-state index in [9.17, 15) is 0 Å². The lowest BCUT2D eigenvalue weighted by molar-refractivity contribution is 0.300. The predicted octanol–water partition coefficient (Wildman–Crippen LogP) is 3.50. The smallest absolute Gasteiger partial charge is 0.191 e. The zero-order valence-electron chi connectivity index (χ0n) is 17.8. The number of rotatable bonds is 9. The van der Waals surface area contributed by atoms with Gasteiger partial charge in [-0.1, -0.05) is 32.0 Å². The second kappa shape index (κ2) is 12.8. The van der Waals surface area contributed by atoms with Gasteiger partial charge in [0.05, 0.1) is 11.4 Å². The molecule has 0 radical (unpaired) electrons. The molecule has 0 unspecified atom stereocenters. The molecule has 2 rings (SSSR count). The van der Waals surface area contributed by atoms with Crippen molar-refractivity contribution in [2.24, 2.45) is 4.99 Å². The Morgan fingerprint density at radius 3 is 2.46 bits per heavy atom. The van der Waals surface area contributed by atoms with E-state index in [1.165, 1.54) is 5.56 Å². The molecule has 0 amide bonds. The van der Waals surface area contributed by atoms with E-state index in [0.717, 1.165) is 55.6 Å². The van der Waals surface area contributed by atoms with E-state index in [0.29, 0.717) is 6.54 Å². The molecule has 1 aromatic carbocycles. The minimum atomic E-state index is 0. The number of para-hydroxylation sites is 1. The van der Waals surface area contributed by atoms with Gasteiger partial charge in [-0.05, 0) is 57.6 Å². The topological polar surface area (TPSA) is 57.5 Å². The minimum Gasteiger partial charge on any atom is -0.356 e.